The monoisotopic (exact) mass is 324 g/mol. The van der Waals surface area contributed by atoms with Gasteiger partial charge in [-0.3, -0.25) is 0 Å². The highest BCUT2D eigenvalue weighted by molar-refractivity contribution is 5.49. The van der Waals surface area contributed by atoms with Crippen molar-refractivity contribution in [1.82, 2.24) is 0 Å². The van der Waals surface area contributed by atoms with Crippen LogP contribution in [0.25, 0.3) is 0 Å². The van der Waals surface area contributed by atoms with Crippen molar-refractivity contribution in [3.05, 3.63) is 84.0 Å². The van der Waals surface area contributed by atoms with Crippen molar-refractivity contribution < 1.29 is 14.6 Å². The Hall–Kier alpha value is -2.52. The molecule has 0 spiro atoms. The summed E-state index contributed by atoms with van der Waals surface area (Å²) in [7, 11) is 1.62. The molecule has 0 saturated heterocycles. The third kappa shape index (κ3) is 4.49. The number of hydrogen-bond donors (Lipinski definition) is 1. The van der Waals surface area contributed by atoms with Crippen molar-refractivity contribution in [3.8, 4) is 11.5 Å². The van der Waals surface area contributed by atoms with E-state index in [1.54, 1.807) is 7.11 Å². The molecule has 1 N–H and O–H groups in total. The van der Waals surface area contributed by atoms with Gasteiger partial charge in [0.1, 0.15) is 6.61 Å². The van der Waals surface area contributed by atoms with Crippen LogP contribution in [0, 0.1) is 0 Å². The van der Waals surface area contributed by atoms with Gasteiger partial charge in [-0.1, -0.05) is 48.6 Å². The van der Waals surface area contributed by atoms with Crippen LogP contribution in [0.5, 0.6) is 11.5 Å². The third-order valence-corrected chi connectivity index (χ3v) is 3.78. The maximum atomic E-state index is 10.2. The smallest absolute Gasteiger partial charge is 0.162 e. The van der Waals surface area contributed by atoms with Gasteiger partial charge >= 0.3 is 0 Å². The lowest BCUT2D eigenvalue weighted by molar-refractivity contribution is 0.226. The largest absolute Gasteiger partial charge is 0.493 e. The van der Waals surface area contributed by atoms with E-state index in [4.69, 9.17) is 9.47 Å². The minimum atomic E-state index is -0.741. The van der Waals surface area contributed by atoms with Crippen molar-refractivity contribution in [1.29, 1.82) is 0 Å². The molecule has 2 rings (SSSR count). The average molecular weight is 324 g/mol. The fraction of sp³-hybridized carbons (Fsp3) is 0.238. The Balaban J connectivity index is 2.33. The number of hydrogen-bond acceptors (Lipinski definition) is 3. The molecule has 0 amide bonds. The molecule has 0 fully saturated rings. The Kier molecular flexibility index (Phi) is 6.64. The fourth-order valence-electron chi connectivity index (χ4n) is 2.45. The molecule has 24 heavy (non-hydrogen) atoms. The minimum Gasteiger partial charge on any atom is -0.493 e. The molecule has 1 unspecified atom stereocenters. The van der Waals surface area contributed by atoms with E-state index in [1.807, 2.05) is 61.5 Å². The lowest BCUT2D eigenvalue weighted by Gasteiger charge is -2.17. The van der Waals surface area contributed by atoms with E-state index in [2.05, 4.69) is 6.58 Å². The quantitative estimate of drug-likeness (QED) is 0.721. The second-order valence-electron chi connectivity index (χ2n) is 5.43. The Bertz CT molecular complexity index is 690. The lowest BCUT2D eigenvalue weighted by Crippen LogP contribution is -2.04. The van der Waals surface area contributed by atoms with Crippen LogP contribution in [-0.2, 0) is 13.0 Å². The van der Waals surface area contributed by atoms with Gasteiger partial charge < -0.3 is 14.6 Å². The SMILES string of the molecule is C=CC(O)c1cc(OCc2ccccc2)c(OC)cc1C/C=C\C. The van der Waals surface area contributed by atoms with Gasteiger partial charge in [0, 0.05) is 0 Å². The van der Waals surface area contributed by atoms with E-state index in [0.29, 0.717) is 24.5 Å². The zero-order valence-electron chi connectivity index (χ0n) is 14.2. The summed E-state index contributed by atoms with van der Waals surface area (Å²) in [6, 6.07) is 13.7. The number of aliphatic hydroxyl groups is 1. The van der Waals surface area contributed by atoms with E-state index in [-0.39, 0.29) is 0 Å². The van der Waals surface area contributed by atoms with Crippen molar-refractivity contribution in [2.45, 2.75) is 26.1 Å². The molecule has 0 aliphatic carbocycles. The normalized spacial score (nSPS) is 12.1. The zero-order chi connectivity index (χ0) is 17.4. The number of allylic oxidation sites excluding steroid dienone is 2. The average Bonchev–Trinajstić information content (AvgIpc) is 2.64. The third-order valence-electron chi connectivity index (χ3n) is 3.78. The van der Waals surface area contributed by atoms with Crippen LogP contribution in [0.1, 0.15) is 29.7 Å². The van der Waals surface area contributed by atoms with Gasteiger partial charge in [-0.05, 0) is 42.2 Å². The second kappa shape index (κ2) is 8.94. The highest BCUT2D eigenvalue weighted by Crippen LogP contribution is 2.34. The van der Waals surface area contributed by atoms with Crippen LogP contribution < -0.4 is 9.47 Å². The van der Waals surface area contributed by atoms with Crippen LogP contribution in [0.3, 0.4) is 0 Å². The van der Waals surface area contributed by atoms with Crippen LogP contribution in [0.4, 0.5) is 0 Å². The van der Waals surface area contributed by atoms with Gasteiger partial charge in [0.15, 0.2) is 11.5 Å². The molecule has 0 saturated carbocycles. The molecule has 2 aromatic carbocycles. The number of methoxy groups -OCH3 is 1. The van der Waals surface area contributed by atoms with Crippen LogP contribution in [0.15, 0.2) is 67.3 Å². The summed E-state index contributed by atoms with van der Waals surface area (Å²) < 4.78 is 11.4. The summed E-state index contributed by atoms with van der Waals surface area (Å²) in [6.07, 6.45) is 5.51. The molecule has 0 aromatic heterocycles. The van der Waals surface area contributed by atoms with Gasteiger partial charge in [-0.15, -0.1) is 6.58 Å². The van der Waals surface area contributed by atoms with E-state index in [9.17, 15) is 5.11 Å². The molecule has 0 aliphatic heterocycles. The summed E-state index contributed by atoms with van der Waals surface area (Å²) in [5, 5.41) is 10.2. The van der Waals surface area contributed by atoms with Crippen molar-refractivity contribution in [2.24, 2.45) is 0 Å². The summed E-state index contributed by atoms with van der Waals surface area (Å²) in [4.78, 5) is 0. The van der Waals surface area contributed by atoms with Gasteiger partial charge in [0.05, 0.1) is 13.2 Å². The molecule has 2 aromatic rings. The summed E-state index contributed by atoms with van der Waals surface area (Å²) in [5.74, 6) is 1.27. The molecule has 0 radical (unpaired) electrons. The predicted octanol–water partition coefficient (Wildman–Crippen LogP) is 4.61. The number of rotatable bonds is 8. The first-order chi connectivity index (χ1) is 11.7. The van der Waals surface area contributed by atoms with E-state index in [1.165, 1.54) is 6.08 Å². The maximum absolute atomic E-state index is 10.2. The van der Waals surface area contributed by atoms with Crippen molar-refractivity contribution in [3.63, 3.8) is 0 Å². The predicted molar refractivity (Wildman–Crippen MR) is 97.4 cm³/mol. The first kappa shape index (κ1) is 17.8. The van der Waals surface area contributed by atoms with Crippen molar-refractivity contribution in [2.75, 3.05) is 7.11 Å². The topological polar surface area (TPSA) is 38.7 Å². The summed E-state index contributed by atoms with van der Waals surface area (Å²) in [5.41, 5.74) is 2.85. The Morgan fingerprint density at radius 3 is 2.54 bits per heavy atom. The Labute approximate surface area is 143 Å². The van der Waals surface area contributed by atoms with E-state index in [0.717, 1.165) is 16.7 Å². The lowest BCUT2D eigenvalue weighted by atomic mass is 9.98. The maximum Gasteiger partial charge on any atom is 0.162 e. The highest BCUT2D eigenvalue weighted by Gasteiger charge is 2.15. The highest BCUT2D eigenvalue weighted by atomic mass is 16.5. The van der Waals surface area contributed by atoms with E-state index >= 15 is 0 Å². The van der Waals surface area contributed by atoms with Crippen LogP contribution >= 0.6 is 0 Å². The molecule has 0 bridgehead atoms. The number of benzene rings is 2. The zero-order valence-corrected chi connectivity index (χ0v) is 14.2. The molecule has 3 nitrogen and oxygen atoms in total. The summed E-state index contributed by atoms with van der Waals surface area (Å²) in [6.45, 7) is 6.09. The van der Waals surface area contributed by atoms with Gasteiger partial charge in [-0.25, -0.2) is 0 Å². The first-order valence-corrected chi connectivity index (χ1v) is 7.99. The Morgan fingerprint density at radius 2 is 1.92 bits per heavy atom. The molecular formula is C21H24O3. The van der Waals surface area contributed by atoms with Crippen molar-refractivity contribution >= 4 is 0 Å². The number of aliphatic hydroxyl groups excluding tert-OH is 1. The fourth-order valence-corrected chi connectivity index (χ4v) is 2.45. The van der Waals surface area contributed by atoms with E-state index < -0.39 is 6.10 Å². The molecule has 1 atom stereocenters. The molecule has 0 aliphatic rings. The molecule has 3 heteroatoms. The van der Waals surface area contributed by atoms with Crippen LogP contribution in [0.2, 0.25) is 0 Å². The standard InChI is InChI=1S/C21H24O3/c1-4-6-12-17-13-20(23-3)21(14-18(17)19(22)5-2)24-15-16-10-8-7-9-11-16/h4-11,13-14,19,22H,2,12,15H2,1,3H3/b6-4-. The molecular weight excluding hydrogens is 300 g/mol. The Morgan fingerprint density at radius 1 is 1.17 bits per heavy atom. The minimum absolute atomic E-state index is 0.440. The second-order valence-corrected chi connectivity index (χ2v) is 5.43. The van der Waals surface area contributed by atoms with Crippen LogP contribution in [-0.4, -0.2) is 12.2 Å². The van der Waals surface area contributed by atoms with Gasteiger partial charge in [-0.2, -0.15) is 0 Å². The van der Waals surface area contributed by atoms with Gasteiger partial charge in [0.2, 0.25) is 0 Å². The first-order valence-electron chi connectivity index (χ1n) is 7.99. The summed E-state index contributed by atoms with van der Waals surface area (Å²) >= 11 is 0. The molecule has 0 heterocycles. The van der Waals surface area contributed by atoms with Gasteiger partial charge in [0.25, 0.3) is 0 Å². The molecule has 126 valence electrons. The number of ether oxygens (including phenoxy) is 2.